The fourth-order valence-corrected chi connectivity index (χ4v) is 5.36. The van der Waals surface area contributed by atoms with Crippen LogP contribution in [0, 0.1) is 0 Å². The number of benzene rings is 1. The zero-order valence-electron chi connectivity index (χ0n) is 15.6. The smallest absolute Gasteiger partial charge is 0.299 e. The average Bonchev–Trinajstić information content (AvgIpc) is 3.24. The summed E-state index contributed by atoms with van der Waals surface area (Å²) in [4.78, 5) is 25.8. The molecule has 10 heteroatoms. The van der Waals surface area contributed by atoms with Gasteiger partial charge in [0.25, 0.3) is 11.7 Å². The number of hydrogen-bond donors (Lipinski definition) is 2. The molecule has 1 amide bonds. The maximum atomic E-state index is 13.0. The highest BCUT2D eigenvalue weighted by Gasteiger charge is 2.39. The quantitative estimate of drug-likeness (QED) is 0.565. The molecule has 1 aromatic rings. The first-order valence-corrected chi connectivity index (χ1v) is 10.5. The number of aliphatic hydroxyl groups is 2. The van der Waals surface area contributed by atoms with Crippen LogP contribution in [0.4, 0.5) is 5.69 Å². The Morgan fingerprint density at radius 3 is 2.75 bits per heavy atom. The van der Waals surface area contributed by atoms with Gasteiger partial charge in [0, 0.05) is 26.2 Å². The first-order chi connectivity index (χ1) is 13.3. The predicted molar refractivity (Wildman–Crippen MR) is 99.6 cm³/mol. The Kier molecular flexibility index (Phi) is 6.15. The van der Waals surface area contributed by atoms with E-state index in [4.69, 9.17) is 9.84 Å². The molecule has 1 aromatic carbocycles. The van der Waals surface area contributed by atoms with Crippen LogP contribution in [0.1, 0.15) is 29.6 Å². The normalized spacial score (nSPS) is 21.4. The minimum Gasteiger partial charge on any atom is -0.394 e. The SMILES string of the molecule is COC[C@@H]1CCCN1S(=O)(=O)c1ccc2c(c1)C(=O)C(=O)N2CC[C@H](O)CO. The van der Waals surface area contributed by atoms with Gasteiger partial charge in [0.2, 0.25) is 10.0 Å². The summed E-state index contributed by atoms with van der Waals surface area (Å²) >= 11 is 0. The molecule has 3 rings (SSSR count). The number of amides is 1. The van der Waals surface area contributed by atoms with Crippen LogP contribution in [0.3, 0.4) is 0 Å². The number of carbonyl (C=O) groups excluding carboxylic acids is 2. The summed E-state index contributed by atoms with van der Waals surface area (Å²) in [7, 11) is -2.30. The van der Waals surface area contributed by atoms with E-state index in [2.05, 4.69) is 0 Å². The molecular weight excluding hydrogens is 388 g/mol. The summed E-state index contributed by atoms with van der Waals surface area (Å²) in [6.07, 6.45) is 0.536. The van der Waals surface area contributed by atoms with Crippen molar-refractivity contribution in [3.8, 4) is 0 Å². The van der Waals surface area contributed by atoms with E-state index in [1.165, 1.54) is 34.5 Å². The highest BCUT2D eigenvalue weighted by atomic mass is 32.2. The molecule has 28 heavy (non-hydrogen) atoms. The monoisotopic (exact) mass is 412 g/mol. The molecule has 154 valence electrons. The van der Waals surface area contributed by atoms with E-state index in [1.54, 1.807) is 0 Å². The molecule has 0 saturated carbocycles. The summed E-state index contributed by atoms with van der Waals surface area (Å²) in [6, 6.07) is 3.82. The van der Waals surface area contributed by atoms with Gasteiger partial charge in [-0.05, 0) is 37.5 Å². The number of sulfonamides is 1. The molecule has 2 aliphatic heterocycles. The van der Waals surface area contributed by atoms with Crippen LogP contribution in [0.2, 0.25) is 0 Å². The Morgan fingerprint density at radius 2 is 2.07 bits per heavy atom. The summed E-state index contributed by atoms with van der Waals surface area (Å²) in [5, 5.41) is 18.4. The van der Waals surface area contributed by atoms with Crippen molar-refractivity contribution < 1.29 is 33.0 Å². The van der Waals surface area contributed by atoms with Gasteiger partial charge in [-0.2, -0.15) is 4.31 Å². The van der Waals surface area contributed by atoms with Crippen molar-refractivity contribution in [2.75, 3.05) is 38.3 Å². The van der Waals surface area contributed by atoms with Gasteiger partial charge in [-0.15, -0.1) is 0 Å². The molecule has 1 fully saturated rings. The van der Waals surface area contributed by atoms with E-state index in [1.807, 2.05) is 0 Å². The van der Waals surface area contributed by atoms with Crippen molar-refractivity contribution in [2.24, 2.45) is 0 Å². The number of fused-ring (bicyclic) bond motifs is 1. The largest absolute Gasteiger partial charge is 0.394 e. The van der Waals surface area contributed by atoms with Crippen molar-refractivity contribution in [3.05, 3.63) is 23.8 Å². The third-order valence-corrected chi connectivity index (χ3v) is 7.08. The molecule has 2 atom stereocenters. The van der Waals surface area contributed by atoms with Gasteiger partial charge < -0.3 is 19.8 Å². The van der Waals surface area contributed by atoms with Crippen LogP contribution >= 0.6 is 0 Å². The number of carbonyl (C=O) groups is 2. The minimum atomic E-state index is -3.82. The zero-order valence-corrected chi connectivity index (χ0v) is 16.4. The summed E-state index contributed by atoms with van der Waals surface area (Å²) < 4.78 is 32.6. The van der Waals surface area contributed by atoms with E-state index in [0.29, 0.717) is 25.3 Å². The molecule has 2 heterocycles. The van der Waals surface area contributed by atoms with Crippen molar-refractivity contribution >= 4 is 27.4 Å². The van der Waals surface area contributed by atoms with Crippen LogP contribution in [0.5, 0.6) is 0 Å². The summed E-state index contributed by atoms with van der Waals surface area (Å²) in [6.45, 7) is 0.278. The second-order valence-electron chi connectivity index (χ2n) is 6.96. The van der Waals surface area contributed by atoms with Crippen molar-refractivity contribution in [1.82, 2.24) is 4.31 Å². The molecule has 1 saturated heterocycles. The second kappa shape index (κ2) is 8.26. The Morgan fingerprint density at radius 1 is 1.32 bits per heavy atom. The second-order valence-corrected chi connectivity index (χ2v) is 8.85. The fraction of sp³-hybridized carbons (Fsp3) is 0.556. The van der Waals surface area contributed by atoms with Gasteiger partial charge in [0.05, 0.1) is 35.5 Å². The highest BCUT2D eigenvalue weighted by molar-refractivity contribution is 7.89. The number of Topliss-reactive ketones (excluding diaryl/α,β-unsaturated/α-hetero) is 1. The van der Waals surface area contributed by atoms with Crippen LogP contribution in [0.15, 0.2) is 23.1 Å². The van der Waals surface area contributed by atoms with E-state index in [-0.39, 0.29) is 29.5 Å². The van der Waals surface area contributed by atoms with Crippen LogP contribution in [-0.4, -0.2) is 80.2 Å². The first-order valence-electron chi connectivity index (χ1n) is 9.11. The summed E-state index contributed by atoms with van der Waals surface area (Å²) in [5.74, 6) is -1.55. The standard InChI is InChI=1S/C18H24N2O7S/c1-27-11-12-3-2-7-20(12)28(25,26)14-4-5-16-15(9-14)17(23)18(24)19(16)8-6-13(22)10-21/h4-5,9,12-13,21-22H,2-3,6-8,10-11H2,1H3/t12-,13-/m0/s1. The van der Waals surface area contributed by atoms with Gasteiger partial charge >= 0.3 is 0 Å². The maximum absolute atomic E-state index is 13.0. The van der Waals surface area contributed by atoms with Gasteiger partial charge in [-0.25, -0.2) is 8.42 Å². The van der Waals surface area contributed by atoms with Crippen molar-refractivity contribution in [1.29, 1.82) is 0 Å². The number of ketones is 1. The number of nitrogens with zero attached hydrogens (tertiary/aromatic N) is 2. The first kappa shape index (κ1) is 20.9. The Labute approximate surface area is 163 Å². The third kappa shape index (κ3) is 3.70. The lowest BCUT2D eigenvalue weighted by molar-refractivity contribution is -0.114. The zero-order chi connectivity index (χ0) is 20.5. The van der Waals surface area contributed by atoms with Crippen LogP contribution in [-0.2, 0) is 19.6 Å². The molecule has 2 aliphatic rings. The average molecular weight is 412 g/mol. The van der Waals surface area contributed by atoms with E-state index in [0.717, 1.165) is 6.42 Å². The van der Waals surface area contributed by atoms with E-state index < -0.39 is 34.4 Å². The van der Waals surface area contributed by atoms with Crippen LogP contribution < -0.4 is 4.90 Å². The maximum Gasteiger partial charge on any atom is 0.299 e. The van der Waals surface area contributed by atoms with E-state index >= 15 is 0 Å². The lowest BCUT2D eigenvalue weighted by Crippen LogP contribution is -2.38. The highest BCUT2D eigenvalue weighted by Crippen LogP contribution is 2.33. The Bertz CT molecular complexity index is 871. The Hall–Kier alpha value is -1.85. The van der Waals surface area contributed by atoms with Gasteiger partial charge in [-0.1, -0.05) is 0 Å². The molecule has 0 radical (unpaired) electrons. The van der Waals surface area contributed by atoms with Gasteiger partial charge in [-0.3, -0.25) is 9.59 Å². The molecule has 0 aromatic heterocycles. The predicted octanol–water partition coefficient (Wildman–Crippen LogP) is -0.241. The number of ether oxygens (including phenoxy) is 1. The number of rotatable bonds is 8. The number of anilines is 1. The van der Waals surface area contributed by atoms with Gasteiger partial charge in [0.1, 0.15) is 0 Å². The fourth-order valence-electron chi connectivity index (χ4n) is 3.65. The number of aliphatic hydroxyl groups excluding tert-OH is 2. The lowest BCUT2D eigenvalue weighted by atomic mass is 10.1. The van der Waals surface area contributed by atoms with Crippen LogP contribution in [0.25, 0.3) is 0 Å². The number of hydrogen-bond acceptors (Lipinski definition) is 7. The molecule has 0 spiro atoms. The number of methoxy groups -OCH3 is 1. The van der Waals surface area contributed by atoms with E-state index in [9.17, 15) is 23.1 Å². The molecule has 0 aliphatic carbocycles. The topological polar surface area (TPSA) is 124 Å². The molecule has 0 bridgehead atoms. The molecule has 2 N–H and O–H groups in total. The minimum absolute atomic E-state index is 0.0343. The van der Waals surface area contributed by atoms with Crippen molar-refractivity contribution in [2.45, 2.75) is 36.3 Å². The Balaban J connectivity index is 1.89. The third-order valence-electron chi connectivity index (χ3n) is 5.13. The molecule has 0 unspecified atom stereocenters. The summed E-state index contributed by atoms with van der Waals surface area (Å²) in [5.41, 5.74) is 0.348. The van der Waals surface area contributed by atoms with Gasteiger partial charge in [0.15, 0.2) is 0 Å². The molecule has 9 nitrogen and oxygen atoms in total. The van der Waals surface area contributed by atoms with Crippen molar-refractivity contribution in [3.63, 3.8) is 0 Å². The lowest BCUT2D eigenvalue weighted by Gasteiger charge is -2.24. The molecular formula is C18H24N2O7S.